The molecule has 0 aromatic heterocycles. The van der Waals surface area contributed by atoms with Gasteiger partial charge in [0.05, 0.1) is 20.8 Å². The lowest BCUT2D eigenvalue weighted by Gasteiger charge is -2.13. The lowest BCUT2D eigenvalue weighted by Crippen LogP contribution is -2.28. The number of benzene rings is 2. The number of halogens is 1. The van der Waals surface area contributed by atoms with Gasteiger partial charge in [0.15, 0.2) is 0 Å². The molecule has 1 amide bonds. The molecular weight excluding hydrogens is 330 g/mol. The normalized spacial score (nSPS) is 10.2. The first kappa shape index (κ1) is 17.9. The van der Waals surface area contributed by atoms with E-state index in [1.54, 1.807) is 24.3 Å². The van der Waals surface area contributed by atoms with Crippen molar-refractivity contribution >= 4 is 17.5 Å². The van der Waals surface area contributed by atoms with E-state index in [0.717, 1.165) is 11.3 Å². The molecule has 1 N–H and O–H groups in total. The van der Waals surface area contributed by atoms with Gasteiger partial charge in [-0.05, 0) is 42.8 Å². The predicted molar refractivity (Wildman–Crippen MR) is 93.6 cm³/mol. The summed E-state index contributed by atoms with van der Waals surface area (Å²) in [6, 6.07) is 10.6. The van der Waals surface area contributed by atoms with Gasteiger partial charge < -0.3 is 19.5 Å². The maximum atomic E-state index is 12.4. The number of carbonyl (C=O) groups is 1. The largest absolute Gasteiger partial charge is 0.496 e. The number of hydrogen-bond donors (Lipinski definition) is 1. The summed E-state index contributed by atoms with van der Waals surface area (Å²) in [7, 11) is 3.02. The third kappa shape index (κ3) is 4.32. The highest BCUT2D eigenvalue weighted by atomic mass is 35.5. The molecule has 24 heavy (non-hydrogen) atoms. The molecule has 0 aliphatic heterocycles. The standard InChI is InChI=1S/C18H20ClNO4/c1-12-11-13(19)7-8-14(12)24-10-9-20-18(21)17-15(22-2)5-4-6-16(17)23-3/h4-8,11H,9-10H2,1-3H3,(H,20,21). The number of methoxy groups -OCH3 is 2. The molecule has 0 radical (unpaired) electrons. The van der Waals surface area contributed by atoms with Gasteiger partial charge in [-0.15, -0.1) is 0 Å². The predicted octanol–water partition coefficient (Wildman–Crippen LogP) is 3.47. The molecule has 5 nitrogen and oxygen atoms in total. The monoisotopic (exact) mass is 349 g/mol. The van der Waals surface area contributed by atoms with Gasteiger partial charge in [0.1, 0.15) is 29.4 Å². The zero-order chi connectivity index (χ0) is 17.5. The summed E-state index contributed by atoms with van der Waals surface area (Å²) in [5, 5.41) is 3.46. The highest BCUT2D eigenvalue weighted by molar-refractivity contribution is 6.30. The Balaban J connectivity index is 1.94. The first-order chi connectivity index (χ1) is 11.6. The van der Waals surface area contributed by atoms with Gasteiger partial charge in [-0.3, -0.25) is 4.79 Å². The minimum atomic E-state index is -0.277. The first-order valence-electron chi connectivity index (χ1n) is 7.45. The van der Waals surface area contributed by atoms with E-state index in [-0.39, 0.29) is 5.91 Å². The molecule has 0 aliphatic carbocycles. The van der Waals surface area contributed by atoms with Crippen LogP contribution in [0.15, 0.2) is 36.4 Å². The third-order valence-electron chi connectivity index (χ3n) is 3.44. The summed E-state index contributed by atoms with van der Waals surface area (Å²) < 4.78 is 16.1. The van der Waals surface area contributed by atoms with Crippen molar-refractivity contribution in [3.8, 4) is 17.2 Å². The molecule has 0 unspecified atom stereocenters. The van der Waals surface area contributed by atoms with Gasteiger partial charge in [-0.25, -0.2) is 0 Å². The lowest BCUT2D eigenvalue weighted by atomic mass is 10.1. The Morgan fingerprint density at radius 2 is 1.75 bits per heavy atom. The SMILES string of the molecule is COc1cccc(OC)c1C(=O)NCCOc1ccc(Cl)cc1C. The molecule has 6 heteroatoms. The van der Waals surface area contributed by atoms with Crippen LogP contribution in [0.25, 0.3) is 0 Å². The molecule has 0 spiro atoms. The van der Waals surface area contributed by atoms with Crippen molar-refractivity contribution in [2.24, 2.45) is 0 Å². The molecule has 128 valence electrons. The van der Waals surface area contributed by atoms with Gasteiger partial charge in [0, 0.05) is 5.02 Å². The van der Waals surface area contributed by atoms with Gasteiger partial charge >= 0.3 is 0 Å². The fourth-order valence-electron chi connectivity index (χ4n) is 2.26. The van der Waals surface area contributed by atoms with E-state index in [1.807, 2.05) is 19.1 Å². The zero-order valence-corrected chi connectivity index (χ0v) is 14.6. The maximum Gasteiger partial charge on any atom is 0.258 e. The summed E-state index contributed by atoms with van der Waals surface area (Å²) in [4.78, 5) is 12.4. The smallest absolute Gasteiger partial charge is 0.258 e. The van der Waals surface area contributed by atoms with E-state index in [1.165, 1.54) is 14.2 Å². The van der Waals surface area contributed by atoms with Crippen molar-refractivity contribution in [1.29, 1.82) is 0 Å². The summed E-state index contributed by atoms with van der Waals surface area (Å²) in [5.41, 5.74) is 1.31. The van der Waals surface area contributed by atoms with Gasteiger partial charge in [0.2, 0.25) is 0 Å². The van der Waals surface area contributed by atoms with Crippen molar-refractivity contribution in [1.82, 2.24) is 5.32 Å². The summed E-state index contributed by atoms with van der Waals surface area (Å²) >= 11 is 5.91. The number of nitrogens with one attached hydrogen (secondary N) is 1. The van der Waals surface area contributed by atoms with Crippen molar-refractivity contribution < 1.29 is 19.0 Å². The number of ether oxygens (including phenoxy) is 3. The number of aryl methyl sites for hydroxylation is 1. The quantitative estimate of drug-likeness (QED) is 0.777. The molecule has 2 aromatic carbocycles. The Labute approximate surface area is 146 Å². The van der Waals surface area contributed by atoms with Crippen LogP contribution in [0.4, 0.5) is 0 Å². The molecule has 0 saturated carbocycles. The molecule has 0 atom stereocenters. The molecule has 0 aliphatic rings. The Morgan fingerprint density at radius 3 is 2.33 bits per heavy atom. The van der Waals surface area contributed by atoms with Crippen LogP contribution in [0.5, 0.6) is 17.2 Å². The average molecular weight is 350 g/mol. The highest BCUT2D eigenvalue weighted by Crippen LogP contribution is 2.28. The molecule has 0 fully saturated rings. The average Bonchev–Trinajstić information content (AvgIpc) is 2.59. The molecule has 2 rings (SSSR count). The second-order valence-electron chi connectivity index (χ2n) is 5.05. The number of hydrogen-bond acceptors (Lipinski definition) is 4. The number of carbonyl (C=O) groups excluding carboxylic acids is 1. The van der Waals surface area contributed by atoms with E-state index in [0.29, 0.717) is 35.2 Å². The minimum absolute atomic E-state index is 0.277. The zero-order valence-electron chi connectivity index (χ0n) is 13.9. The van der Waals surface area contributed by atoms with Crippen LogP contribution in [0.1, 0.15) is 15.9 Å². The van der Waals surface area contributed by atoms with E-state index >= 15 is 0 Å². The van der Waals surface area contributed by atoms with Crippen LogP contribution in [0, 0.1) is 6.92 Å². The Hall–Kier alpha value is -2.40. The van der Waals surface area contributed by atoms with E-state index in [9.17, 15) is 4.79 Å². The first-order valence-corrected chi connectivity index (χ1v) is 7.82. The van der Waals surface area contributed by atoms with Gasteiger partial charge in [-0.1, -0.05) is 17.7 Å². The third-order valence-corrected chi connectivity index (χ3v) is 3.67. The van der Waals surface area contributed by atoms with Gasteiger partial charge in [0.25, 0.3) is 5.91 Å². The molecule has 0 saturated heterocycles. The fraction of sp³-hybridized carbons (Fsp3) is 0.278. The Kier molecular flexibility index (Phi) is 6.32. The van der Waals surface area contributed by atoms with Crippen molar-refractivity contribution in [3.63, 3.8) is 0 Å². The molecular formula is C18H20ClNO4. The van der Waals surface area contributed by atoms with Crippen LogP contribution >= 0.6 is 11.6 Å². The van der Waals surface area contributed by atoms with Crippen molar-refractivity contribution in [2.75, 3.05) is 27.4 Å². The summed E-state index contributed by atoms with van der Waals surface area (Å²) in [5.74, 6) is 1.38. The molecule has 0 heterocycles. The molecule has 0 bridgehead atoms. The Bertz CT molecular complexity index is 696. The second kappa shape index (κ2) is 8.45. The topological polar surface area (TPSA) is 56.8 Å². The highest BCUT2D eigenvalue weighted by Gasteiger charge is 2.17. The maximum absolute atomic E-state index is 12.4. The molecule has 2 aromatic rings. The van der Waals surface area contributed by atoms with Crippen molar-refractivity contribution in [2.45, 2.75) is 6.92 Å². The van der Waals surface area contributed by atoms with E-state index in [2.05, 4.69) is 5.32 Å². The van der Waals surface area contributed by atoms with Crippen LogP contribution < -0.4 is 19.5 Å². The van der Waals surface area contributed by atoms with Crippen LogP contribution in [0.3, 0.4) is 0 Å². The van der Waals surface area contributed by atoms with Crippen LogP contribution in [0.2, 0.25) is 5.02 Å². The van der Waals surface area contributed by atoms with Crippen molar-refractivity contribution in [3.05, 3.63) is 52.5 Å². The number of amides is 1. The minimum Gasteiger partial charge on any atom is -0.496 e. The lowest BCUT2D eigenvalue weighted by molar-refractivity contribution is 0.0940. The number of rotatable bonds is 7. The summed E-state index contributed by atoms with van der Waals surface area (Å²) in [6.45, 7) is 2.60. The summed E-state index contributed by atoms with van der Waals surface area (Å²) in [6.07, 6.45) is 0. The Morgan fingerprint density at radius 1 is 1.08 bits per heavy atom. The van der Waals surface area contributed by atoms with E-state index < -0.39 is 0 Å². The van der Waals surface area contributed by atoms with Gasteiger partial charge in [-0.2, -0.15) is 0 Å². The van der Waals surface area contributed by atoms with Crippen LogP contribution in [-0.2, 0) is 0 Å². The van der Waals surface area contributed by atoms with E-state index in [4.69, 9.17) is 25.8 Å². The fourth-order valence-corrected chi connectivity index (χ4v) is 2.49. The second-order valence-corrected chi connectivity index (χ2v) is 5.49. The van der Waals surface area contributed by atoms with Crippen LogP contribution in [-0.4, -0.2) is 33.3 Å².